The quantitative estimate of drug-likeness (QED) is 0.918. The number of halogens is 1. The molecule has 0 unspecified atom stereocenters. The smallest absolute Gasteiger partial charge is 0.169 e. The number of nitrogens with two attached hydrogens (primary N) is 1. The molecule has 0 aromatic carbocycles. The van der Waals surface area contributed by atoms with Gasteiger partial charge < -0.3 is 15.0 Å². The van der Waals surface area contributed by atoms with Gasteiger partial charge in [-0.2, -0.15) is 0 Å². The maximum atomic E-state index is 15.1. The Bertz CT molecular complexity index is 687. The fourth-order valence-corrected chi connectivity index (χ4v) is 2.89. The van der Waals surface area contributed by atoms with E-state index in [4.69, 9.17) is 11.8 Å². The van der Waals surface area contributed by atoms with Crippen molar-refractivity contribution in [3.8, 4) is 0 Å². The summed E-state index contributed by atoms with van der Waals surface area (Å²) in [5.74, 6) is -0.0132. The van der Waals surface area contributed by atoms with Gasteiger partial charge in [0.25, 0.3) is 0 Å². The molecule has 1 saturated heterocycles. The van der Waals surface area contributed by atoms with Gasteiger partial charge in [-0.3, -0.25) is 0 Å². The standard InChI is InChI=1S/C14H19FN4O/c1-4-10-8(2)14(3,15)13(20-10)19-6-5-9-11(16)17-7-18-12(9)19/h5-8,10,13H,4H2,1-3H3,(H2,16,17,18)/t8-,10-,13-,14-/m1/s1/i5T. The van der Waals surface area contributed by atoms with E-state index < -0.39 is 11.9 Å². The Hall–Kier alpha value is -1.69. The third-order valence-electron chi connectivity index (χ3n) is 4.34. The maximum absolute atomic E-state index is 15.1. The largest absolute Gasteiger partial charge is 0.383 e. The van der Waals surface area contributed by atoms with E-state index in [1.54, 1.807) is 4.57 Å². The van der Waals surface area contributed by atoms with E-state index >= 15 is 4.39 Å². The predicted molar refractivity (Wildman–Crippen MR) is 74.8 cm³/mol. The Morgan fingerprint density at radius 3 is 3.00 bits per heavy atom. The van der Waals surface area contributed by atoms with E-state index in [2.05, 4.69) is 9.97 Å². The van der Waals surface area contributed by atoms with Gasteiger partial charge in [0.05, 0.1) is 12.9 Å². The van der Waals surface area contributed by atoms with Crippen LogP contribution < -0.4 is 5.73 Å². The number of anilines is 1. The Morgan fingerprint density at radius 2 is 2.35 bits per heavy atom. The Morgan fingerprint density at radius 1 is 1.60 bits per heavy atom. The molecule has 1 fully saturated rings. The lowest BCUT2D eigenvalue weighted by molar-refractivity contribution is -0.0447. The lowest BCUT2D eigenvalue weighted by Crippen LogP contribution is -2.33. The zero-order valence-corrected chi connectivity index (χ0v) is 11.8. The number of fused-ring (bicyclic) bond motifs is 1. The maximum Gasteiger partial charge on any atom is 0.169 e. The van der Waals surface area contributed by atoms with Crippen LogP contribution in [0.3, 0.4) is 0 Å². The molecule has 4 atom stereocenters. The molecule has 2 aromatic heterocycles. The van der Waals surface area contributed by atoms with Crippen LogP contribution in [0.4, 0.5) is 10.2 Å². The topological polar surface area (TPSA) is 66.0 Å². The Labute approximate surface area is 118 Å². The SMILES string of the molecule is [3H]c1cn([C@@H]2O[C@H](CC)[C@@H](C)[C@@]2(C)F)c2ncnc(N)c12. The fraction of sp³-hybridized carbons (Fsp3) is 0.571. The minimum atomic E-state index is -1.54. The van der Waals surface area contributed by atoms with Crippen LogP contribution in [0.25, 0.3) is 11.0 Å². The molecule has 6 heteroatoms. The minimum absolute atomic E-state index is 0.157. The first-order valence-corrected chi connectivity index (χ1v) is 6.79. The van der Waals surface area contributed by atoms with Crippen molar-refractivity contribution in [3.05, 3.63) is 18.6 Å². The summed E-state index contributed by atoms with van der Waals surface area (Å²) in [6.45, 7) is 5.37. The van der Waals surface area contributed by atoms with Crippen LogP contribution in [0, 0.1) is 5.92 Å². The number of rotatable bonds is 2. The van der Waals surface area contributed by atoms with E-state index in [0.717, 1.165) is 6.42 Å². The fourth-order valence-electron chi connectivity index (χ4n) is 2.89. The van der Waals surface area contributed by atoms with Crippen LogP contribution in [0.5, 0.6) is 0 Å². The second-order valence-corrected chi connectivity index (χ2v) is 5.51. The highest BCUT2D eigenvalue weighted by Gasteiger charge is 2.52. The van der Waals surface area contributed by atoms with Crippen molar-refractivity contribution in [2.45, 2.75) is 45.2 Å². The van der Waals surface area contributed by atoms with Crippen molar-refractivity contribution in [2.75, 3.05) is 5.73 Å². The molecule has 2 N–H and O–H groups in total. The van der Waals surface area contributed by atoms with Crippen molar-refractivity contribution in [2.24, 2.45) is 5.92 Å². The second-order valence-electron chi connectivity index (χ2n) is 5.51. The average Bonchev–Trinajstić information content (AvgIpc) is 2.87. The van der Waals surface area contributed by atoms with Gasteiger partial charge in [-0.25, -0.2) is 14.4 Å². The van der Waals surface area contributed by atoms with Gasteiger partial charge in [0.1, 0.15) is 17.8 Å². The summed E-state index contributed by atoms with van der Waals surface area (Å²) in [6, 6.07) is 0.176. The molecular formula is C14H19FN4O. The molecule has 0 amide bonds. The van der Waals surface area contributed by atoms with Crippen LogP contribution in [-0.2, 0) is 4.74 Å². The molecule has 1 aliphatic heterocycles. The first-order valence-electron chi connectivity index (χ1n) is 7.29. The zero-order chi connectivity index (χ0) is 15.4. The zero-order valence-electron chi connectivity index (χ0n) is 12.8. The van der Waals surface area contributed by atoms with Crippen LogP contribution in [-0.4, -0.2) is 26.3 Å². The molecule has 2 aromatic rings. The van der Waals surface area contributed by atoms with Crippen LogP contribution in [0.1, 0.15) is 34.8 Å². The highest BCUT2D eigenvalue weighted by molar-refractivity contribution is 5.86. The molecule has 108 valence electrons. The van der Waals surface area contributed by atoms with Gasteiger partial charge in [0, 0.05) is 12.1 Å². The van der Waals surface area contributed by atoms with Crippen molar-refractivity contribution in [3.63, 3.8) is 0 Å². The summed E-state index contributed by atoms with van der Waals surface area (Å²) in [6.07, 6.45) is 2.60. The molecule has 0 bridgehead atoms. The number of nitrogens with zero attached hydrogens (tertiary/aromatic N) is 3. The first-order chi connectivity index (χ1) is 9.87. The second kappa shape index (κ2) is 4.41. The number of aromatic nitrogens is 3. The normalized spacial score (nSPS) is 34.6. The average molecular weight is 280 g/mol. The highest BCUT2D eigenvalue weighted by Crippen LogP contribution is 2.47. The summed E-state index contributed by atoms with van der Waals surface area (Å²) in [5.41, 5.74) is 4.69. The molecule has 20 heavy (non-hydrogen) atoms. The number of ether oxygens (including phenoxy) is 1. The molecule has 0 radical (unpaired) electrons. The van der Waals surface area contributed by atoms with E-state index in [9.17, 15) is 0 Å². The molecule has 3 heterocycles. The number of hydrogen-bond donors (Lipinski definition) is 1. The van der Waals surface area contributed by atoms with Gasteiger partial charge >= 0.3 is 0 Å². The van der Waals surface area contributed by atoms with Crippen molar-refractivity contribution >= 4 is 16.9 Å². The van der Waals surface area contributed by atoms with Crippen molar-refractivity contribution < 1.29 is 10.5 Å². The van der Waals surface area contributed by atoms with Crippen LogP contribution in [0.2, 0.25) is 0 Å². The van der Waals surface area contributed by atoms with Crippen LogP contribution >= 0.6 is 0 Å². The number of nitrogen functional groups attached to an aromatic ring is 1. The molecule has 0 aliphatic carbocycles. The van der Waals surface area contributed by atoms with Crippen molar-refractivity contribution in [1.82, 2.24) is 14.5 Å². The van der Waals surface area contributed by atoms with E-state index in [-0.39, 0.29) is 23.9 Å². The van der Waals surface area contributed by atoms with Gasteiger partial charge in [-0.05, 0) is 19.4 Å². The summed E-state index contributed by atoms with van der Waals surface area (Å²) in [4.78, 5) is 8.04. The Balaban J connectivity index is 2.15. The summed E-state index contributed by atoms with van der Waals surface area (Å²) >= 11 is 0. The molecule has 0 saturated carbocycles. The number of hydrogen-bond acceptors (Lipinski definition) is 4. The van der Waals surface area contributed by atoms with E-state index in [0.29, 0.717) is 11.0 Å². The van der Waals surface area contributed by atoms with Gasteiger partial charge in [-0.1, -0.05) is 13.8 Å². The number of alkyl halides is 1. The van der Waals surface area contributed by atoms with Crippen LogP contribution in [0.15, 0.2) is 18.6 Å². The lowest BCUT2D eigenvalue weighted by atomic mass is 9.88. The molecule has 5 nitrogen and oxygen atoms in total. The monoisotopic (exact) mass is 280 g/mol. The molecular weight excluding hydrogens is 259 g/mol. The molecule has 1 aliphatic rings. The van der Waals surface area contributed by atoms with E-state index in [1.165, 1.54) is 19.4 Å². The lowest BCUT2D eigenvalue weighted by Gasteiger charge is -2.26. The summed E-state index contributed by atoms with van der Waals surface area (Å²) in [7, 11) is 0. The predicted octanol–water partition coefficient (Wildman–Crippen LogP) is 2.69. The minimum Gasteiger partial charge on any atom is -0.383 e. The molecule has 3 rings (SSSR count). The van der Waals surface area contributed by atoms with Gasteiger partial charge in [-0.15, -0.1) is 0 Å². The third-order valence-corrected chi connectivity index (χ3v) is 4.34. The molecule has 0 spiro atoms. The van der Waals surface area contributed by atoms with Crippen molar-refractivity contribution in [1.29, 1.82) is 0 Å². The van der Waals surface area contributed by atoms with Gasteiger partial charge in [0.15, 0.2) is 11.9 Å². The first kappa shape index (κ1) is 12.1. The summed E-state index contributed by atoms with van der Waals surface area (Å²) < 4.78 is 30.6. The highest BCUT2D eigenvalue weighted by atomic mass is 19.1. The van der Waals surface area contributed by atoms with Gasteiger partial charge in [0.2, 0.25) is 0 Å². The third kappa shape index (κ3) is 1.71. The Kier molecular flexibility index (Phi) is 2.66. The summed E-state index contributed by atoms with van der Waals surface area (Å²) in [5, 5.41) is 0.435. The van der Waals surface area contributed by atoms with E-state index in [1.807, 2.05) is 13.8 Å².